The van der Waals surface area contributed by atoms with Gasteiger partial charge in [-0.2, -0.15) is 0 Å². The van der Waals surface area contributed by atoms with Gasteiger partial charge in [0.15, 0.2) is 0 Å². The van der Waals surface area contributed by atoms with Gasteiger partial charge in [0, 0.05) is 13.6 Å². The number of amides is 4. The monoisotopic (exact) mass is 415 g/mol. The summed E-state index contributed by atoms with van der Waals surface area (Å²) in [4.78, 5) is 41.4. The third kappa shape index (κ3) is 3.65. The van der Waals surface area contributed by atoms with Crippen LogP contribution in [0.5, 0.6) is 0 Å². The quantitative estimate of drug-likeness (QED) is 0.648. The number of nitrogens with zero attached hydrogens (tertiary/aromatic N) is 2. The van der Waals surface area contributed by atoms with Crippen molar-refractivity contribution in [1.29, 1.82) is 0 Å². The van der Waals surface area contributed by atoms with Crippen molar-refractivity contribution < 1.29 is 14.4 Å². The number of hydrogen-bond donors (Lipinski definition) is 1. The molecule has 1 saturated heterocycles. The smallest absolute Gasteiger partial charge is 0.325 e. The summed E-state index contributed by atoms with van der Waals surface area (Å²) in [6.07, 6.45) is 0. The number of fused-ring (bicyclic) bond motifs is 1. The summed E-state index contributed by atoms with van der Waals surface area (Å²) in [6.45, 7) is 3.79. The number of nitrogens with one attached hydrogen (secondary N) is 1. The molecule has 31 heavy (non-hydrogen) atoms. The van der Waals surface area contributed by atoms with E-state index in [1.165, 1.54) is 4.90 Å². The fourth-order valence-corrected chi connectivity index (χ4v) is 4.07. The topological polar surface area (TPSA) is 69.7 Å². The van der Waals surface area contributed by atoms with Crippen molar-refractivity contribution >= 4 is 28.6 Å². The minimum absolute atomic E-state index is 0.297. The minimum atomic E-state index is -1.23. The zero-order valence-corrected chi connectivity index (χ0v) is 17.9. The second kappa shape index (κ2) is 7.87. The van der Waals surface area contributed by atoms with E-state index in [0.29, 0.717) is 12.1 Å². The van der Waals surface area contributed by atoms with Crippen LogP contribution in [0.3, 0.4) is 0 Å². The van der Waals surface area contributed by atoms with Gasteiger partial charge in [0.1, 0.15) is 12.1 Å². The Balaban J connectivity index is 1.55. The van der Waals surface area contributed by atoms with Gasteiger partial charge >= 0.3 is 6.03 Å². The van der Waals surface area contributed by atoms with Crippen LogP contribution < -0.4 is 5.32 Å². The molecule has 1 atom stereocenters. The number of imide groups is 1. The predicted molar refractivity (Wildman–Crippen MR) is 119 cm³/mol. The summed E-state index contributed by atoms with van der Waals surface area (Å²) in [6, 6.07) is 20.7. The summed E-state index contributed by atoms with van der Waals surface area (Å²) >= 11 is 0. The molecule has 0 radical (unpaired) electrons. The van der Waals surface area contributed by atoms with Crippen molar-refractivity contribution in [2.45, 2.75) is 25.9 Å². The maximum atomic E-state index is 13.3. The van der Waals surface area contributed by atoms with Crippen molar-refractivity contribution in [2.24, 2.45) is 0 Å². The number of rotatable bonds is 5. The lowest BCUT2D eigenvalue weighted by atomic mass is 9.88. The molecule has 6 nitrogen and oxygen atoms in total. The maximum absolute atomic E-state index is 13.3. The average Bonchev–Trinajstić information content (AvgIpc) is 2.98. The maximum Gasteiger partial charge on any atom is 0.325 e. The Morgan fingerprint density at radius 3 is 2.45 bits per heavy atom. The van der Waals surface area contributed by atoms with Crippen LogP contribution in [0.25, 0.3) is 10.8 Å². The molecule has 0 unspecified atom stereocenters. The van der Waals surface area contributed by atoms with Crippen molar-refractivity contribution in [3.8, 4) is 0 Å². The van der Waals surface area contributed by atoms with E-state index >= 15 is 0 Å². The molecular weight excluding hydrogens is 390 g/mol. The van der Waals surface area contributed by atoms with Gasteiger partial charge in [-0.05, 0) is 41.3 Å². The Labute approximate surface area is 181 Å². The molecule has 0 spiro atoms. The molecule has 6 heteroatoms. The molecule has 0 aliphatic carbocycles. The van der Waals surface area contributed by atoms with Gasteiger partial charge < -0.3 is 10.2 Å². The van der Waals surface area contributed by atoms with E-state index in [2.05, 4.69) is 5.32 Å². The van der Waals surface area contributed by atoms with Crippen molar-refractivity contribution in [1.82, 2.24) is 15.1 Å². The zero-order valence-electron chi connectivity index (χ0n) is 17.9. The van der Waals surface area contributed by atoms with Gasteiger partial charge in [-0.1, -0.05) is 66.7 Å². The number of benzene rings is 3. The number of hydrogen-bond acceptors (Lipinski definition) is 3. The molecule has 0 saturated carbocycles. The molecule has 1 heterocycles. The number of carbonyl (C=O) groups is 3. The van der Waals surface area contributed by atoms with Gasteiger partial charge in [0.05, 0.1) is 0 Å². The van der Waals surface area contributed by atoms with Crippen molar-refractivity contribution in [3.63, 3.8) is 0 Å². The highest BCUT2D eigenvalue weighted by Gasteiger charge is 2.50. The second-order valence-corrected chi connectivity index (χ2v) is 8.15. The molecule has 1 aliphatic rings. The van der Waals surface area contributed by atoms with Crippen LogP contribution in [0, 0.1) is 6.92 Å². The zero-order chi connectivity index (χ0) is 22.2. The van der Waals surface area contributed by atoms with E-state index in [0.717, 1.165) is 26.8 Å². The largest absolute Gasteiger partial charge is 0.340 e. The van der Waals surface area contributed by atoms with Crippen LogP contribution in [0.4, 0.5) is 4.79 Å². The van der Waals surface area contributed by atoms with Crippen molar-refractivity contribution in [3.05, 3.63) is 83.4 Å². The predicted octanol–water partition coefficient (Wildman–Crippen LogP) is 3.57. The molecule has 158 valence electrons. The summed E-state index contributed by atoms with van der Waals surface area (Å²) in [5.41, 5.74) is 1.59. The highest BCUT2D eigenvalue weighted by Crippen LogP contribution is 2.33. The van der Waals surface area contributed by atoms with Crippen LogP contribution in [0.15, 0.2) is 66.7 Å². The molecule has 0 aromatic heterocycles. The second-order valence-electron chi connectivity index (χ2n) is 8.15. The summed E-state index contributed by atoms with van der Waals surface area (Å²) in [7, 11) is 1.68. The van der Waals surface area contributed by atoms with E-state index in [1.54, 1.807) is 14.0 Å². The number of aryl methyl sites for hydroxylation is 1. The van der Waals surface area contributed by atoms with Crippen molar-refractivity contribution in [2.75, 3.05) is 13.6 Å². The Bertz CT molecular complexity index is 1180. The molecule has 1 aliphatic heterocycles. The SMILES string of the molecule is Cc1ccccc1CN(C)C(=O)CN1C(=O)N[C@@](C)(c2cccc3ccccc23)C1=O. The Kier molecular flexibility index (Phi) is 5.23. The lowest BCUT2D eigenvalue weighted by Crippen LogP contribution is -2.43. The molecule has 3 aromatic carbocycles. The third-order valence-electron chi connectivity index (χ3n) is 5.99. The third-order valence-corrected chi connectivity index (χ3v) is 5.99. The summed E-state index contributed by atoms with van der Waals surface area (Å²) in [5, 5.41) is 4.68. The first-order valence-electron chi connectivity index (χ1n) is 10.2. The number of likely N-dealkylation sites (N-methyl/N-ethyl adjacent to an activating group) is 1. The first-order valence-corrected chi connectivity index (χ1v) is 10.2. The molecule has 4 rings (SSSR count). The average molecular weight is 415 g/mol. The molecule has 4 amide bonds. The lowest BCUT2D eigenvalue weighted by Gasteiger charge is -2.25. The highest BCUT2D eigenvalue weighted by atomic mass is 16.2. The van der Waals surface area contributed by atoms with Crippen LogP contribution in [0.1, 0.15) is 23.6 Å². The van der Waals surface area contributed by atoms with Gasteiger partial charge in [0.2, 0.25) is 5.91 Å². The first kappa shape index (κ1) is 20.6. The fraction of sp³-hybridized carbons (Fsp3) is 0.240. The minimum Gasteiger partial charge on any atom is -0.340 e. The molecule has 1 fully saturated rings. The van der Waals surface area contributed by atoms with Gasteiger partial charge in [0.25, 0.3) is 5.91 Å². The van der Waals surface area contributed by atoms with Gasteiger partial charge in [-0.15, -0.1) is 0 Å². The number of carbonyl (C=O) groups excluding carboxylic acids is 3. The van der Waals surface area contributed by atoms with E-state index < -0.39 is 17.5 Å². The van der Waals surface area contributed by atoms with E-state index in [4.69, 9.17) is 0 Å². The standard InChI is InChI=1S/C25H25N3O3/c1-17-9-4-5-11-19(17)15-27(3)22(29)16-28-23(30)25(2,26-24(28)31)21-14-8-12-18-10-6-7-13-20(18)21/h4-14H,15-16H2,1-3H3,(H,26,31)/t25-/m0/s1. The van der Waals surface area contributed by atoms with Crippen LogP contribution in [0.2, 0.25) is 0 Å². The van der Waals surface area contributed by atoms with Crippen LogP contribution in [-0.2, 0) is 21.7 Å². The first-order chi connectivity index (χ1) is 14.8. The van der Waals surface area contributed by atoms with Gasteiger partial charge in [-0.3, -0.25) is 14.5 Å². The highest BCUT2D eigenvalue weighted by molar-refractivity contribution is 6.10. The molecule has 0 bridgehead atoms. The van der Waals surface area contributed by atoms with Crippen LogP contribution in [-0.4, -0.2) is 41.2 Å². The summed E-state index contributed by atoms with van der Waals surface area (Å²) in [5.74, 6) is -0.722. The van der Waals surface area contributed by atoms with E-state index in [1.807, 2.05) is 73.7 Å². The summed E-state index contributed by atoms with van der Waals surface area (Å²) < 4.78 is 0. The fourth-order valence-electron chi connectivity index (χ4n) is 4.07. The van der Waals surface area contributed by atoms with Crippen LogP contribution >= 0.6 is 0 Å². The Morgan fingerprint density at radius 2 is 1.68 bits per heavy atom. The number of urea groups is 1. The van der Waals surface area contributed by atoms with Gasteiger partial charge in [-0.25, -0.2) is 4.79 Å². The Morgan fingerprint density at radius 1 is 1.00 bits per heavy atom. The Hall–Kier alpha value is -3.67. The molecular formula is C25H25N3O3. The van der Waals surface area contributed by atoms with E-state index in [-0.39, 0.29) is 12.5 Å². The normalized spacial score (nSPS) is 18.4. The lowest BCUT2D eigenvalue weighted by molar-refractivity contribution is -0.138. The van der Waals surface area contributed by atoms with E-state index in [9.17, 15) is 14.4 Å². The molecule has 1 N–H and O–H groups in total. The molecule has 3 aromatic rings.